The van der Waals surface area contributed by atoms with Crippen LogP contribution >= 0.6 is 0 Å². The van der Waals surface area contributed by atoms with Crippen LogP contribution in [0.5, 0.6) is 0 Å². The molecule has 2 heterocycles. The summed E-state index contributed by atoms with van der Waals surface area (Å²) in [6.07, 6.45) is 2.85. The number of hydrogen-bond acceptors (Lipinski definition) is 4. The van der Waals surface area contributed by atoms with E-state index in [1.807, 2.05) is 18.2 Å². The van der Waals surface area contributed by atoms with Crippen molar-refractivity contribution in [2.45, 2.75) is 31.6 Å². The molecule has 1 aliphatic rings. The second-order valence-electron chi connectivity index (χ2n) is 5.24. The maximum atomic E-state index is 5.51. The van der Waals surface area contributed by atoms with E-state index in [2.05, 4.69) is 34.5 Å². The van der Waals surface area contributed by atoms with Gasteiger partial charge in [0.05, 0.1) is 5.41 Å². The number of aromatic nitrogens is 2. The van der Waals surface area contributed by atoms with Gasteiger partial charge in [0.2, 0.25) is 5.89 Å². The molecule has 3 rings (SSSR count). The molecule has 1 saturated heterocycles. The van der Waals surface area contributed by atoms with E-state index in [1.54, 1.807) is 0 Å². The summed E-state index contributed by atoms with van der Waals surface area (Å²) in [6.45, 7) is 4.16. The summed E-state index contributed by atoms with van der Waals surface area (Å²) in [5, 5.41) is 7.53. The third-order valence-electron chi connectivity index (χ3n) is 4.05. The molecule has 1 aromatic heterocycles. The lowest BCUT2D eigenvalue weighted by atomic mass is 9.84. The van der Waals surface area contributed by atoms with Crippen molar-refractivity contribution in [1.82, 2.24) is 15.5 Å². The van der Waals surface area contributed by atoms with Gasteiger partial charge in [0.25, 0.3) is 0 Å². The summed E-state index contributed by atoms with van der Waals surface area (Å²) in [6, 6.07) is 10.3. The first-order valence-electron chi connectivity index (χ1n) is 6.90. The molecule has 19 heavy (non-hydrogen) atoms. The zero-order valence-electron chi connectivity index (χ0n) is 11.2. The maximum absolute atomic E-state index is 5.51. The van der Waals surface area contributed by atoms with E-state index >= 15 is 0 Å². The standard InChI is InChI=1S/C15H19N3O/c1-2-15(8-9-16-11-15)14-17-13(18-19-14)10-12-6-4-3-5-7-12/h3-7,16H,2,8-11H2,1H3. The number of benzene rings is 1. The molecular weight excluding hydrogens is 238 g/mol. The molecule has 1 aromatic carbocycles. The van der Waals surface area contributed by atoms with Crippen LogP contribution in [0.25, 0.3) is 0 Å². The molecule has 0 radical (unpaired) electrons. The van der Waals surface area contributed by atoms with E-state index in [-0.39, 0.29) is 5.41 Å². The van der Waals surface area contributed by atoms with Crippen molar-refractivity contribution in [2.24, 2.45) is 0 Å². The minimum Gasteiger partial charge on any atom is -0.339 e. The van der Waals surface area contributed by atoms with Crippen molar-refractivity contribution in [3.63, 3.8) is 0 Å². The van der Waals surface area contributed by atoms with Gasteiger partial charge in [0.1, 0.15) is 0 Å². The molecular formula is C15H19N3O. The van der Waals surface area contributed by atoms with Gasteiger partial charge >= 0.3 is 0 Å². The Morgan fingerprint density at radius 2 is 2.16 bits per heavy atom. The fourth-order valence-corrected chi connectivity index (χ4v) is 2.70. The fraction of sp³-hybridized carbons (Fsp3) is 0.467. The summed E-state index contributed by atoms with van der Waals surface area (Å²) in [5.74, 6) is 1.58. The molecule has 0 saturated carbocycles. The molecule has 1 N–H and O–H groups in total. The average molecular weight is 257 g/mol. The van der Waals surface area contributed by atoms with E-state index < -0.39 is 0 Å². The summed E-state index contributed by atoms with van der Waals surface area (Å²) >= 11 is 0. The van der Waals surface area contributed by atoms with Crippen molar-refractivity contribution in [3.05, 3.63) is 47.6 Å². The quantitative estimate of drug-likeness (QED) is 0.913. The number of nitrogens with zero attached hydrogens (tertiary/aromatic N) is 2. The lowest BCUT2D eigenvalue weighted by Crippen LogP contribution is -2.28. The molecule has 0 bridgehead atoms. The highest BCUT2D eigenvalue weighted by Crippen LogP contribution is 2.32. The number of nitrogens with one attached hydrogen (secondary N) is 1. The Balaban J connectivity index is 1.79. The number of hydrogen-bond donors (Lipinski definition) is 1. The average Bonchev–Trinajstić information content (AvgIpc) is 3.09. The smallest absolute Gasteiger partial charge is 0.234 e. The summed E-state index contributed by atoms with van der Waals surface area (Å²) in [5.41, 5.74) is 1.26. The second-order valence-corrected chi connectivity index (χ2v) is 5.24. The fourth-order valence-electron chi connectivity index (χ4n) is 2.70. The Labute approximate surface area is 113 Å². The van der Waals surface area contributed by atoms with E-state index in [1.165, 1.54) is 5.56 Å². The first-order chi connectivity index (χ1) is 9.32. The van der Waals surface area contributed by atoms with Crippen LogP contribution in [-0.2, 0) is 11.8 Å². The van der Waals surface area contributed by atoms with Gasteiger partial charge in [0, 0.05) is 13.0 Å². The predicted octanol–water partition coefficient (Wildman–Crippen LogP) is 2.30. The van der Waals surface area contributed by atoms with Crippen molar-refractivity contribution < 1.29 is 4.52 Å². The molecule has 100 valence electrons. The zero-order valence-corrected chi connectivity index (χ0v) is 11.2. The van der Waals surface area contributed by atoms with Crippen LogP contribution in [0.1, 0.15) is 37.0 Å². The van der Waals surface area contributed by atoms with Crippen molar-refractivity contribution in [3.8, 4) is 0 Å². The molecule has 1 aliphatic heterocycles. The molecule has 1 atom stereocenters. The van der Waals surface area contributed by atoms with Crippen molar-refractivity contribution in [2.75, 3.05) is 13.1 Å². The summed E-state index contributed by atoms with van der Waals surface area (Å²) in [4.78, 5) is 4.61. The molecule has 1 fully saturated rings. The minimum atomic E-state index is 0.0436. The topological polar surface area (TPSA) is 51.0 Å². The first kappa shape index (κ1) is 12.4. The van der Waals surface area contributed by atoms with Gasteiger partial charge in [-0.05, 0) is 24.9 Å². The number of rotatable bonds is 4. The second kappa shape index (κ2) is 5.13. The molecule has 0 aliphatic carbocycles. The van der Waals surface area contributed by atoms with Crippen LogP contribution in [0.15, 0.2) is 34.9 Å². The van der Waals surface area contributed by atoms with Gasteiger partial charge in [-0.15, -0.1) is 0 Å². The Morgan fingerprint density at radius 3 is 2.84 bits per heavy atom. The van der Waals surface area contributed by atoms with Crippen LogP contribution in [0.3, 0.4) is 0 Å². The Bertz CT molecular complexity index is 529. The van der Waals surface area contributed by atoms with Crippen LogP contribution in [0, 0.1) is 0 Å². The van der Waals surface area contributed by atoms with Crippen molar-refractivity contribution in [1.29, 1.82) is 0 Å². The Morgan fingerprint density at radius 1 is 1.32 bits per heavy atom. The van der Waals surface area contributed by atoms with Crippen LogP contribution in [0.2, 0.25) is 0 Å². The summed E-state index contributed by atoms with van der Waals surface area (Å²) < 4.78 is 5.51. The van der Waals surface area contributed by atoms with Gasteiger partial charge < -0.3 is 9.84 Å². The van der Waals surface area contributed by atoms with Crippen molar-refractivity contribution >= 4 is 0 Å². The van der Waals surface area contributed by atoms with E-state index in [4.69, 9.17) is 4.52 Å². The lowest BCUT2D eigenvalue weighted by Gasteiger charge is -2.20. The lowest BCUT2D eigenvalue weighted by molar-refractivity contribution is 0.283. The van der Waals surface area contributed by atoms with E-state index in [0.29, 0.717) is 0 Å². The monoisotopic (exact) mass is 257 g/mol. The van der Waals surface area contributed by atoms with Gasteiger partial charge in [0.15, 0.2) is 5.82 Å². The predicted molar refractivity (Wildman–Crippen MR) is 73.0 cm³/mol. The maximum Gasteiger partial charge on any atom is 0.234 e. The normalized spacial score (nSPS) is 22.8. The van der Waals surface area contributed by atoms with Crippen LogP contribution < -0.4 is 5.32 Å². The highest BCUT2D eigenvalue weighted by Gasteiger charge is 2.39. The van der Waals surface area contributed by atoms with E-state index in [0.717, 1.165) is 44.1 Å². The first-order valence-corrected chi connectivity index (χ1v) is 6.90. The molecule has 1 unspecified atom stereocenters. The molecule has 2 aromatic rings. The third-order valence-corrected chi connectivity index (χ3v) is 4.05. The van der Waals surface area contributed by atoms with Crippen LogP contribution in [0.4, 0.5) is 0 Å². The largest absolute Gasteiger partial charge is 0.339 e. The van der Waals surface area contributed by atoms with Gasteiger partial charge in [-0.2, -0.15) is 4.98 Å². The Hall–Kier alpha value is -1.68. The molecule has 4 nitrogen and oxygen atoms in total. The summed E-state index contributed by atoms with van der Waals surface area (Å²) in [7, 11) is 0. The van der Waals surface area contributed by atoms with Crippen LogP contribution in [-0.4, -0.2) is 23.2 Å². The van der Waals surface area contributed by atoms with Gasteiger partial charge in [-0.1, -0.05) is 42.4 Å². The highest BCUT2D eigenvalue weighted by atomic mass is 16.5. The van der Waals surface area contributed by atoms with Gasteiger partial charge in [-0.25, -0.2) is 0 Å². The molecule has 0 spiro atoms. The highest BCUT2D eigenvalue weighted by molar-refractivity contribution is 5.19. The van der Waals surface area contributed by atoms with E-state index in [9.17, 15) is 0 Å². The third kappa shape index (κ3) is 2.40. The molecule has 0 amide bonds. The SMILES string of the molecule is CCC1(c2nc(Cc3ccccc3)no2)CCNC1. The zero-order chi connectivity index (χ0) is 13.1. The minimum absolute atomic E-state index is 0.0436. The molecule has 4 heteroatoms. The Kier molecular flexibility index (Phi) is 3.34. The van der Waals surface area contributed by atoms with Gasteiger partial charge in [-0.3, -0.25) is 0 Å².